The second-order valence-electron chi connectivity index (χ2n) is 8.26. The average Bonchev–Trinajstić information content (AvgIpc) is 2.69. The molecule has 0 aliphatic carbocycles. The molecule has 0 saturated carbocycles. The largest absolute Gasteiger partial charge is 0.483 e. The second kappa shape index (κ2) is 10.5. The van der Waals surface area contributed by atoms with E-state index < -0.39 is 11.8 Å². The van der Waals surface area contributed by atoms with Gasteiger partial charge in [-0.2, -0.15) is 0 Å². The first-order chi connectivity index (χ1) is 14.1. The van der Waals surface area contributed by atoms with E-state index in [-0.39, 0.29) is 18.6 Å². The predicted molar refractivity (Wildman–Crippen MR) is 121 cm³/mol. The van der Waals surface area contributed by atoms with E-state index in [0.29, 0.717) is 17.4 Å². The van der Waals surface area contributed by atoms with Gasteiger partial charge in [0.15, 0.2) is 13.2 Å². The fraction of sp³-hybridized carbons (Fsp3) is 0.391. The summed E-state index contributed by atoms with van der Waals surface area (Å²) in [4.78, 5) is 24.0. The van der Waals surface area contributed by atoms with Crippen LogP contribution in [-0.4, -0.2) is 25.0 Å². The normalized spacial score (nSPS) is 11.2. The topological polar surface area (TPSA) is 76.7 Å². The summed E-state index contributed by atoms with van der Waals surface area (Å²) in [5.74, 6) is 0.659. The molecule has 2 N–H and O–H groups in total. The molecule has 0 heterocycles. The highest BCUT2D eigenvalue weighted by Crippen LogP contribution is 2.31. The number of nitrogens with one attached hydrogen (secondary N) is 2. The quantitative estimate of drug-likeness (QED) is 0.577. The zero-order valence-electron chi connectivity index (χ0n) is 18.0. The third kappa shape index (κ3) is 7.06. The van der Waals surface area contributed by atoms with Crippen LogP contribution < -0.4 is 20.3 Å². The van der Waals surface area contributed by atoms with E-state index in [9.17, 15) is 9.59 Å². The van der Waals surface area contributed by atoms with Crippen LogP contribution in [0.15, 0.2) is 46.9 Å². The van der Waals surface area contributed by atoms with E-state index in [4.69, 9.17) is 9.47 Å². The Morgan fingerprint density at radius 1 is 0.933 bits per heavy atom. The van der Waals surface area contributed by atoms with Crippen molar-refractivity contribution < 1.29 is 19.1 Å². The summed E-state index contributed by atoms with van der Waals surface area (Å²) in [6, 6.07) is 13.3. The van der Waals surface area contributed by atoms with Gasteiger partial charge in [-0.3, -0.25) is 20.4 Å². The third-order valence-corrected chi connectivity index (χ3v) is 5.00. The maximum atomic E-state index is 12.0. The van der Waals surface area contributed by atoms with Crippen LogP contribution in [0.25, 0.3) is 0 Å². The van der Waals surface area contributed by atoms with E-state index in [1.165, 1.54) is 5.56 Å². The number of halogens is 1. The molecule has 2 amide bonds. The highest BCUT2D eigenvalue weighted by Gasteiger charge is 2.19. The summed E-state index contributed by atoms with van der Waals surface area (Å²) < 4.78 is 11.9. The fourth-order valence-corrected chi connectivity index (χ4v) is 3.21. The van der Waals surface area contributed by atoms with Gasteiger partial charge < -0.3 is 9.47 Å². The standard InChI is InChI=1S/C23H29BrN2O4/c1-15(2)16-10-11-20(18(24)12-16)30-14-22(28)26-25-21(27)13-29-19-9-7-6-8-17(19)23(3,4)5/h6-12,15H,13-14H2,1-5H3,(H,25,27)(H,26,28). The van der Waals surface area contributed by atoms with Crippen molar-refractivity contribution in [2.45, 2.75) is 46.0 Å². The lowest BCUT2D eigenvalue weighted by Gasteiger charge is -2.22. The third-order valence-electron chi connectivity index (χ3n) is 4.38. The molecular weight excluding hydrogens is 448 g/mol. The maximum Gasteiger partial charge on any atom is 0.276 e. The smallest absolute Gasteiger partial charge is 0.276 e. The predicted octanol–water partition coefficient (Wildman–Crippen LogP) is 4.48. The minimum Gasteiger partial charge on any atom is -0.483 e. The lowest BCUT2D eigenvalue weighted by atomic mass is 9.86. The minimum absolute atomic E-state index is 0.111. The lowest BCUT2D eigenvalue weighted by Crippen LogP contribution is -2.45. The van der Waals surface area contributed by atoms with Crippen molar-refractivity contribution in [2.24, 2.45) is 0 Å². The Kier molecular flexibility index (Phi) is 8.29. The van der Waals surface area contributed by atoms with Gasteiger partial charge in [0.1, 0.15) is 11.5 Å². The monoisotopic (exact) mass is 476 g/mol. The Labute approximate surface area is 186 Å². The number of carbonyl (C=O) groups is 2. The summed E-state index contributed by atoms with van der Waals surface area (Å²) in [5.41, 5.74) is 6.71. The summed E-state index contributed by atoms with van der Waals surface area (Å²) in [6.45, 7) is 9.98. The number of amides is 2. The summed E-state index contributed by atoms with van der Waals surface area (Å²) in [6.07, 6.45) is 0. The summed E-state index contributed by atoms with van der Waals surface area (Å²) in [5, 5.41) is 0. The molecule has 7 heteroatoms. The van der Waals surface area contributed by atoms with E-state index in [1.54, 1.807) is 0 Å². The molecule has 0 saturated heterocycles. The van der Waals surface area contributed by atoms with Gasteiger partial charge in [0.25, 0.3) is 11.8 Å². The number of rotatable bonds is 7. The zero-order chi connectivity index (χ0) is 22.3. The molecule has 0 unspecified atom stereocenters. The first-order valence-electron chi connectivity index (χ1n) is 9.80. The number of para-hydroxylation sites is 1. The van der Waals surface area contributed by atoms with Crippen LogP contribution in [0.2, 0.25) is 0 Å². The molecule has 0 atom stereocenters. The lowest BCUT2D eigenvalue weighted by molar-refractivity contribution is -0.131. The van der Waals surface area contributed by atoms with Gasteiger partial charge in [-0.05, 0) is 56.6 Å². The van der Waals surface area contributed by atoms with Gasteiger partial charge in [-0.1, -0.05) is 58.9 Å². The van der Waals surface area contributed by atoms with Crippen LogP contribution in [0.5, 0.6) is 11.5 Å². The van der Waals surface area contributed by atoms with Crippen molar-refractivity contribution in [2.75, 3.05) is 13.2 Å². The van der Waals surface area contributed by atoms with Crippen molar-refractivity contribution in [3.05, 3.63) is 58.1 Å². The molecule has 0 spiro atoms. The minimum atomic E-state index is -0.474. The summed E-state index contributed by atoms with van der Waals surface area (Å²) >= 11 is 3.45. The Morgan fingerprint density at radius 2 is 1.50 bits per heavy atom. The molecule has 0 aromatic heterocycles. The number of hydrogen-bond donors (Lipinski definition) is 2. The van der Waals surface area contributed by atoms with Crippen molar-refractivity contribution in [3.8, 4) is 11.5 Å². The molecule has 2 aromatic rings. The Balaban J connectivity index is 1.78. The van der Waals surface area contributed by atoms with Gasteiger partial charge in [0.2, 0.25) is 0 Å². The molecule has 30 heavy (non-hydrogen) atoms. The number of ether oxygens (including phenoxy) is 2. The molecular formula is C23H29BrN2O4. The fourth-order valence-electron chi connectivity index (χ4n) is 2.70. The Morgan fingerprint density at radius 3 is 2.03 bits per heavy atom. The number of carbonyl (C=O) groups excluding carboxylic acids is 2. The molecule has 6 nitrogen and oxygen atoms in total. The molecule has 0 radical (unpaired) electrons. The number of benzene rings is 2. The van der Waals surface area contributed by atoms with Crippen molar-refractivity contribution in [3.63, 3.8) is 0 Å². The van der Waals surface area contributed by atoms with E-state index >= 15 is 0 Å². The van der Waals surface area contributed by atoms with Crippen LogP contribution in [0.3, 0.4) is 0 Å². The molecule has 0 aliphatic rings. The zero-order valence-corrected chi connectivity index (χ0v) is 19.6. The number of hydrogen-bond acceptors (Lipinski definition) is 4. The van der Waals surface area contributed by atoms with Crippen molar-refractivity contribution in [1.29, 1.82) is 0 Å². The SMILES string of the molecule is CC(C)c1ccc(OCC(=O)NNC(=O)COc2ccccc2C(C)(C)C)c(Br)c1. The van der Waals surface area contributed by atoms with Gasteiger partial charge in [0.05, 0.1) is 4.47 Å². The second-order valence-corrected chi connectivity index (χ2v) is 9.12. The summed E-state index contributed by atoms with van der Waals surface area (Å²) in [7, 11) is 0. The molecule has 0 aliphatic heterocycles. The molecule has 2 aromatic carbocycles. The molecule has 162 valence electrons. The van der Waals surface area contributed by atoms with Crippen LogP contribution in [-0.2, 0) is 15.0 Å². The Bertz CT molecular complexity index is 891. The average molecular weight is 477 g/mol. The van der Waals surface area contributed by atoms with Gasteiger partial charge in [0, 0.05) is 0 Å². The molecule has 0 fully saturated rings. The Hall–Kier alpha value is -2.54. The van der Waals surface area contributed by atoms with Gasteiger partial charge in [-0.25, -0.2) is 0 Å². The van der Waals surface area contributed by atoms with Gasteiger partial charge in [-0.15, -0.1) is 0 Å². The van der Waals surface area contributed by atoms with Crippen molar-refractivity contribution >= 4 is 27.7 Å². The van der Waals surface area contributed by atoms with E-state index in [0.717, 1.165) is 10.0 Å². The van der Waals surface area contributed by atoms with Crippen LogP contribution in [0, 0.1) is 0 Å². The number of hydrazine groups is 1. The first kappa shape index (κ1) is 23.7. The van der Waals surface area contributed by atoms with E-state index in [2.05, 4.69) is 61.4 Å². The molecule has 0 bridgehead atoms. The van der Waals surface area contributed by atoms with Gasteiger partial charge >= 0.3 is 0 Å². The van der Waals surface area contributed by atoms with Crippen LogP contribution >= 0.6 is 15.9 Å². The van der Waals surface area contributed by atoms with Crippen LogP contribution in [0.4, 0.5) is 0 Å². The van der Waals surface area contributed by atoms with Crippen LogP contribution in [0.1, 0.15) is 51.7 Å². The maximum absolute atomic E-state index is 12.0. The highest BCUT2D eigenvalue weighted by molar-refractivity contribution is 9.10. The first-order valence-corrected chi connectivity index (χ1v) is 10.6. The molecule has 2 rings (SSSR count). The van der Waals surface area contributed by atoms with Crippen molar-refractivity contribution in [1.82, 2.24) is 10.9 Å². The van der Waals surface area contributed by atoms with E-state index in [1.807, 2.05) is 42.5 Å². The highest BCUT2D eigenvalue weighted by atomic mass is 79.9.